The number of halogens is 1. The molecule has 0 aromatic heterocycles. The van der Waals surface area contributed by atoms with Gasteiger partial charge in [-0.25, -0.2) is 0 Å². The minimum Gasteiger partial charge on any atom is -0.313 e. The standard InChI is InChI=1S/C8H16ClN/c1-7(2)5-10-6-8(3)4-9/h4,7,10H,5-6H2,1-3H3. The second-order valence-electron chi connectivity index (χ2n) is 2.98. The Balaban J connectivity index is 3.20. The lowest BCUT2D eigenvalue weighted by atomic mass is 10.2. The van der Waals surface area contributed by atoms with E-state index in [4.69, 9.17) is 11.6 Å². The van der Waals surface area contributed by atoms with Crippen LogP contribution in [0.25, 0.3) is 0 Å². The summed E-state index contributed by atoms with van der Waals surface area (Å²) in [6.07, 6.45) is 0. The van der Waals surface area contributed by atoms with Gasteiger partial charge in [0.25, 0.3) is 0 Å². The van der Waals surface area contributed by atoms with Crippen LogP contribution in [0.2, 0.25) is 0 Å². The van der Waals surface area contributed by atoms with E-state index in [0.29, 0.717) is 5.92 Å². The topological polar surface area (TPSA) is 12.0 Å². The second-order valence-corrected chi connectivity index (χ2v) is 3.20. The Kier molecular flexibility index (Phi) is 5.74. The van der Waals surface area contributed by atoms with Gasteiger partial charge < -0.3 is 5.32 Å². The first-order valence-corrected chi connectivity index (χ1v) is 4.07. The Hall–Kier alpha value is -0.0100. The van der Waals surface area contributed by atoms with Crippen molar-refractivity contribution in [2.24, 2.45) is 5.92 Å². The number of rotatable bonds is 4. The molecule has 1 N–H and O–H groups in total. The molecule has 0 saturated heterocycles. The van der Waals surface area contributed by atoms with E-state index in [9.17, 15) is 0 Å². The minimum absolute atomic E-state index is 0.711. The summed E-state index contributed by atoms with van der Waals surface area (Å²) in [5, 5.41) is 3.28. The third-order valence-corrected chi connectivity index (χ3v) is 1.52. The van der Waals surface area contributed by atoms with Crippen molar-refractivity contribution in [2.75, 3.05) is 13.1 Å². The van der Waals surface area contributed by atoms with Gasteiger partial charge in [-0.05, 0) is 25.0 Å². The van der Waals surface area contributed by atoms with Gasteiger partial charge in [0.15, 0.2) is 0 Å². The van der Waals surface area contributed by atoms with Gasteiger partial charge >= 0.3 is 0 Å². The molecule has 0 saturated carbocycles. The SMILES string of the molecule is CC(=CCl)CNCC(C)C. The lowest BCUT2D eigenvalue weighted by Gasteiger charge is -2.06. The molecule has 0 aliphatic carbocycles. The van der Waals surface area contributed by atoms with Crippen molar-refractivity contribution in [3.63, 3.8) is 0 Å². The fourth-order valence-corrected chi connectivity index (χ4v) is 0.674. The summed E-state index contributed by atoms with van der Waals surface area (Å²) in [6, 6.07) is 0. The summed E-state index contributed by atoms with van der Waals surface area (Å²) < 4.78 is 0. The molecule has 0 amide bonds. The minimum atomic E-state index is 0.711. The molecule has 0 aliphatic heterocycles. The van der Waals surface area contributed by atoms with Gasteiger partial charge in [-0.1, -0.05) is 25.4 Å². The second kappa shape index (κ2) is 5.75. The highest BCUT2D eigenvalue weighted by Gasteiger charge is 1.92. The van der Waals surface area contributed by atoms with Crippen molar-refractivity contribution in [2.45, 2.75) is 20.8 Å². The van der Waals surface area contributed by atoms with E-state index in [1.54, 1.807) is 5.54 Å². The Labute approximate surface area is 68.5 Å². The van der Waals surface area contributed by atoms with Crippen LogP contribution in [0.4, 0.5) is 0 Å². The number of nitrogens with one attached hydrogen (secondary N) is 1. The molecular formula is C8H16ClN. The maximum Gasteiger partial charge on any atom is 0.0173 e. The average Bonchev–Trinajstić information content (AvgIpc) is 1.87. The third-order valence-electron chi connectivity index (χ3n) is 1.14. The van der Waals surface area contributed by atoms with Crippen LogP contribution in [0.1, 0.15) is 20.8 Å². The van der Waals surface area contributed by atoms with Gasteiger partial charge in [0.05, 0.1) is 0 Å². The largest absolute Gasteiger partial charge is 0.313 e. The molecule has 0 fully saturated rings. The zero-order valence-corrected chi connectivity index (χ0v) is 7.70. The molecule has 0 unspecified atom stereocenters. The third kappa shape index (κ3) is 6.12. The molecule has 0 aromatic rings. The van der Waals surface area contributed by atoms with Crippen molar-refractivity contribution in [1.82, 2.24) is 5.32 Å². The number of hydrogen-bond donors (Lipinski definition) is 1. The van der Waals surface area contributed by atoms with Crippen LogP contribution in [-0.2, 0) is 0 Å². The van der Waals surface area contributed by atoms with Crippen LogP contribution in [-0.4, -0.2) is 13.1 Å². The van der Waals surface area contributed by atoms with Crippen molar-refractivity contribution >= 4 is 11.6 Å². The monoisotopic (exact) mass is 161 g/mol. The van der Waals surface area contributed by atoms with Crippen molar-refractivity contribution in [3.8, 4) is 0 Å². The van der Waals surface area contributed by atoms with Gasteiger partial charge in [-0.2, -0.15) is 0 Å². The molecule has 0 aromatic carbocycles. The van der Waals surface area contributed by atoms with E-state index < -0.39 is 0 Å². The molecule has 0 rings (SSSR count). The Morgan fingerprint density at radius 3 is 2.60 bits per heavy atom. The number of hydrogen-bond acceptors (Lipinski definition) is 1. The van der Waals surface area contributed by atoms with Crippen LogP contribution in [0.3, 0.4) is 0 Å². The molecule has 0 aliphatic rings. The molecule has 0 atom stereocenters. The fourth-order valence-electron chi connectivity index (χ4n) is 0.597. The van der Waals surface area contributed by atoms with Crippen LogP contribution in [0, 0.1) is 5.92 Å². The quantitative estimate of drug-likeness (QED) is 0.668. The Bertz CT molecular complexity index is 108. The molecule has 10 heavy (non-hydrogen) atoms. The molecule has 0 radical (unpaired) electrons. The summed E-state index contributed by atoms with van der Waals surface area (Å²) in [5.41, 5.74) is 2.80. The molecule has 0 heterocycles. The predicted octanol–water partition coefficient (Wildman–Crippen LogP) is 2.37. The lowest BCUT2D eigenvalue weighted by molar-refractivity contribution is 0.572. The van der Waals surface area contributed by atoms with E-state index in [0.717, 1.165) is 13.1 Å². The Morgan fingerprint density at radius 1 is 1.60 bits per heavy atom. The van der Waals surface area contributed by atoms with Gasteiger partial charge in [-0.15, -0.1) is 0 Å². The molecule has 60 valence electrons. The summed E-state index contributed by atoms with van der Waals surface area (Å²) in [4.78, 5) is 0. The van der Waals surface area contributed by atoms with E-state index in [2.05, 4.69) is 19.2 Å². The van der Waals surface area contributed by atoms with E-state index in [-0.39, 0.29) is 0 Å². The lowest BCUT2D eigenvalue weighted by Crippen LogP contribution is -2.21. The van der Waals surface area contributed by atoms with Crippen molar-refractivity contribution in [1.29, 1.82) is 0 Å². The maximum atomic E-state index is 5.47. The van der Waals surface area contributed by atoms with E-state index >= 15 is 0 Å². The Morgan fingerprint density at radius 2 is 2.20 bits per heavy atom. The average molecular weight is 162 g/mol. The van der Waals surface area contributed by atoms with Gasteiger partial charge in [0.1, 0.15) is 0 Å². The van der Waals surface area contributed by atoms with Crippen LogP contribution >= 0.6 is 11.6 Å². The molecule has 0 bridgehead atoms. The highest BCUT2D eigenvalue weighted by Crippen LogP contribution is 1.93. The highest BCUT2D eigenvalue weighted by atomic mass is 35.5. The smallest absolute Gasteiger partial charge is 0.0173 e. The summed E-state index contributed by atoms with van der Waals surface area (Å²) in [6.45, 7) is 8.35. The highest BCUT2D eigenvalue weighted by molar-refractivity contribution is 6.25. The summed E-state index contributed by atoms with van der Waals surface area (Å²) in [7, 11) is 0. The van der Waals surface area contributed by atoms with E-state index in [1.807, 2.05) is 6.92 Å². The normalized spacial score (nSPS) is 12.7. The van der Waals surface area contributed by atoms with Crippen LogP contribution in [0.5, 0.6) is 0 Å². The molecule has 2 heteroatoms. The summed E-state index contributed by atoms with van der Waals surface area (Å²) in [5.74, 6) is 0.711. The molecule has 0 spiro atoms. The maximum absolute atomic E-state index is 5.47. The summed E-state index contributed by atoms with van der Waals surface area (Å²) >= 11 is 5.47. The first-order valence-electron chi connectivity index (χ1n) is 3.63. The van der Waals surface area contributed by atoms with Gasteiger partial charge in [-0.3, -0.25) is 0 Å². The van der Waals surface area contributed by atoms with E-state index in [1.165, 1.54) is 5.57 Å². The van der Waals surface area contributed by atoms with Gasteiger partial charge in [0.2, 0.25) is 0 Å². The van der Waals surface area contributed by atoms with Crippen molar-refractivity contribution in [3.05, 3.63) is 11.1 Å². The van der Waals surface area contributed by atoms with Crippen molar-refractivity contribution < 1.29 is 0 Å². The molecule has 1 nitrogen and oxygen atoms in total. The zero-order chi connectivity index (χ0) is 7.98. The van der Waals surface area contributed by atoms with Crippen LogP contribution < -0.4 is 5.32 Å². The molecular weight excluding hydrogens is 146 g/mol. The van der Waals surface area contributed by atoms with Crippen LogP contribution in [0.15, 0.2) is 11.1 Å². The predicted molar refractivity (Wildman–Crippen MR) is 47.3 cm³/mol. The first kappa shape index (κ1) is 9.99. The van der Waals surface area contributed by atoms with Gasteiger partial charge in [0, 0.05) is 12.1 Å². The fraction of sp³-hybridized carbons (Fsp3) is 0.750. The first-order chi connectivity index (χ1) is 4.66. The zero-order valence-electron chi connectivity index (χ0n) is 6.95.